The minimum absolute atomic E-state index is 0.0381. The second kappa shape index (κ2) is 7.48. The molecule has 0 aliphatic carbocycles. The molecule has 2 aromatic carbocycles. The molecule has 1 aliphatic rings. The van der Waals surface area contributed by atoms with E-state index < -0.39 is 0 Å². The first kappa shape index (κ1) is 17.7. The first-order chi connectivity index (χ1) is 13.1. The van der Waals surface area contributed by atoms with Crippen molar-refractivity contribution >= 4 is 33.4 Å². The van der Waals surface area contributed by atoms with E-state index in [2.05, 4.69) is 4.98 Å². The molecule has 2 heterocycles. The molecule has 1 aromatic heterocycles. The lowest BCUT2D eigenvalue weighted by molar-refractivity contribution is -0.128. The van der Waals surface area contributed by atoms with Gasteiger partial charge in [-0.3, -0.25) is 9.59 Å². The molecule has 0 N–H and O–H groups in total. The van der Waals surface area contributed by atoms with E-state index in [0.717, 1.165) is 33.8 Å². The highest BCUT2D eigenvalue weighted by Crippen LogP contribution is 2.23. The van der Waals surface area contributed by atoms with Crippen molar-refractivity contribution in [2.24, 2.45) is 0 Å². The molecule has 138 valence electrons. The number of thiazole rings is 1. The number of benzene rings is 2. The number of nitrogens with zero attached hydrogens (tertiary/aromatic N) is 3. The molecule has 1 saturated heterocycles. The van der Waals surface area contributed by atoms with E-state index in [9.17, 15) is 9.59 Å². The van der Waals surface area contributed by atoms with Crippen molar-refractivity contribution in [3.63, 3.8) is 0 Å². The van der Waals surface area contributed by atoms with Crippen molar-refractivity contribution in [2.45, 2.75) is 25.9 Å². The van der Waals surface area contributed by atoms with Crippen LogP contribution in [-0.2, 0) is 17.9 Å². The van der Waals surface area contributed by atoms with Crippen molar-refractivity contribution in [1.29, 1.82) is 0 Å². The summed E-state index contributed by atoms with van der Waals surface area (Å²) >= 11 is 1.61. The Morgan fingerprint density at radius 2 is 2.07 bits per heavy atom. The van der Waals surface area contributed by atoms with E-state index in [1.807, 2.05) is 53.4 Å². The zero-order valence-corrected chi connectivity index (χ0v) is 16.0. The summed E-state index contributed by atoms with van der Waals surface area (Å²) in [4.78, 5) is 32.8. The van der Waals surface area contributed by atoms with E-state index in [-0.39, 0.29) is 11.8 Å². The molecule has 0 radical (unpaired) electrons. The number of hydrogen-bond donors (Lipinski definition) is 0. The van der Waals surface area contributed by atoms with E-state index >= 15 is 0 Å². The van der Waals surface area contributed by atoms with Gasteiger partial charge in [0, 0.05) is 32.1 Å². The van der Waals surface area contributed by atoms with Crippen LogP contribution in [0.5, 0.6) is 0 Å². The van der Waals surface area contributed by atoms with Gasteiger partial charge < -0.3 is 9.80 Å². The molecule has 3 aromatic rings. The summed E-state index contributed by atoms with van der Waals surface area (Å²) in [6.45, 7) is 1.85. The Balaban J connectivity index is 1.46. The molecule has 0 bridgehead atoms. The van der Waals surface area contributed by atoms with Crippen LogP contribution in [0.25, 0.3) is 10.2 Å². The smallest absolute Gasteiger partial charge is 0.253 e. The van der Waals surface area contributed by atoms with Crippen LogP contribution in [0, 0.1) is 0 Å². The third kappa shape index (κ3) is 3.85. The number of para-hydroxylation sites is 1. The van der Waals surface area contributed by atoms with Crippen LogP contribution in [0.1, 0.15) is 33.8 Å². The minimum atomic E-state index is -0.0381. The van der Waals surface area contributed by atoms with Crippen molar-refractivity contribution in [2.75, 3.05) is 13.6 Å². The lowest BCUT2D eigenvalue weighted by Gasteiger charge is -2.18. The predicted octanol–water partition coefficient (Wildman–Crippen LogP) is 3.69. The Morgan fingerprint density at radius 3 is 2.85 bits per heavy atom. The van der Waals surface area contributed by atoms with Gasteiger partial charge in [-0.25, -0.2) is 4.98 Å². The fraction of sp³-hybridized carbons (Fsp3) is 0.286. The molecule has 27 heavy (non-hydrogen) atoms. The quantitative estimate of drug-likeness (QED) is 0.679. The number of hydrogen-bond acceptors (Lipinski definition) is 4. The maximum absolute atomic E-state index is 12.8. The van der Waals surface area contributed by atoms with Gasteiger partial charge in [-0.05, 0) is 36.2 Å². The van der Waals surface area contributed by atoms with Gasteiger partial charge in [-0.1, -0.05) is 24.3 Å². The number of aromatic nitrogens is 1. The molecule has 0 saturated carbocycles. The van der Waals surface area contributed by atoms with Gasteiger partial charge in [0.25, 0.3) is 5.91 Å². The lowest BCUT2D eigenvalue weighted by Crippen LogP contribution is -2.27. The molecule has 6 heteroatoms. The Kier molecular flexibility index (Phi) is 4.90. The topological polar surface area (TPSA) is 53.5 Å². The van der Waals surface area contributed by atoms with Crippen LogP contribution < -0.4 is 0 Å². The zero-order valence-electron chi connectivity index (χ0n) is 15.2. The number of carbonyl (C=O) groups is 2. The van der Waals surface area contributed by atoms with Crippen molar-refractivity contribution in [3.05, 3.63) is 64.7 Å². The maximum atomic E-state index is 12.8. The number of carbonyl (C=O) groups excluding carboxylic acids is 2. The van der Waals surface area contributed by atoms with Gasteiger partial charge in [-0.2, -0.15) is 0 Å². The van der Waals surface area contributed by atoms with Gasteiger partial charge in [0.1, 0.15) is 5.01 Å². The van der Waals surface area contributed by atoms with Crippen LogP contribution in [0.15, 0.2) is 48.5 Å². The summed E-state index contributed by atoms with van der Waals surface area (Å²) < 4.78 is 1.13. The normalized spacial score (nSPS) is 14.1. The predicted molar refractivity (Wildman–Crippen MR) is 107 cm³/mol. The van der Waals surface area contributed by atoms with E-state index in [1.54, 1.807) is 23.3 Å². The summed E-state index contributed by atoms with van der Waals surface area (Å²) in [5.41, 5.74) is 2.60. The van der Waals surface area contributed by atoms with Gasteiger partial charge >= 0.3 is 0 Å². The Labute approximate surface area is 162 Å². The highest BCUT2D eigenvalue weighted by molar-refractivity contribution is 7.18. The SMILES string of the molecule is CN(Cc1nc2ccccc2s1)C(=O)c1cccc(CN2CCCC2=O)c1. The highest BCUT2D eigenvalue weighted by atomic mass is 32.1. The Bertz CT molecular complexity index is 965. The van der Waals surface area contributed by atoms with Crippen molar-refractivity contribution in [1.82, 2.24) is 14.8 Å². The molecule has 0 atom stereocenters. The molecule has 0 spiro atoms. The first-order valence-corrected chi connectivity index (χ1v) is 9.88. The number of amides is 2. The second-order valence-electron chi connectivity index (χ2n) is 6.86. The summed E-state index contributed by atoms with van der Waals surface area (Å²) in [6, 6.07) is 15.6. The lowest BCUT2D eigenvalue weighted by atomic mass is 10.1. The molecule has 0 unspecified atom stereocenters. The average molecular weight is 379 g/mol. The average Bonchev–Trinajstić information content (AvgIpc) is 3.26. The van der Waals surface area contributed by atoms with Crippen LogP contribution in [0.2, 0.25) is 0 Å². The maximum Gasteiger partial charge on any atom is 0.253 e. The van der Waals surface area contributed by atoms with E-state index in [4.69, 9.17) is 0 Å². The highest BCUT2D eigenvalue weighted by Gasteiger charge is 2.21. The van der Waals surface area contributed by atoms with Crippen molar-refractivity contribution in [3.8, 4) is 0 Å². The summed E-state index contributed by atoms with van der Waals surface area (Å²) in [7, 11) is 1.80. The van der Waals surface area contributed by atoms with Crippen LogP contribution in [0.4, 0.5) is 0 Å². The molecule has 1 fully saturated rings. The molecule has 1 aliphatic heterocycles. The van der Waals surface area contributed by atoms with Crippen LogP contribution in [0.3, 0.4) is 0 Å². The number of likely N-dealkylation sites (tertiary alicyclic amines) is 1. The second-order valence-corrected chi connectivity index (χ2v) is 7.97. The first-order valence-electron chi connectivity index (χ1n) is 9.07. The molecular weight excluding hydrogens is 358 g/mol. The van der Waals surface area contributed by atoms with Gasteiger partial charge in [0.2, 0.25) is 5.91 Å². The van der Waals surface area contributed by atoms with Crippen LogP contribution >= 0.6 is 11.3 Å². The number of fused-ring (bicyclic) bond motifs is 1. The fourth-order valence-electron chi connectivity index (χ4n) is 3.38. The Morgan fingerprint density at radius 1 is 1.22 bits per heavy atom. The molecule has 2 amide bonds. The largest absolute Gasteiger partial charge is 0.338 e. The number of rotatable bonds is 5. The molecular formula is C21H21N3O2S. The van der Waals surface area contributed by atoms with Gasteiger partial charge in [0.05, 0.1) is 16.8 Å². The summed E-state index contributed by atoms with van der Waals surface area (Å²) in [5.74, 6) is 0.156. The molecule has 5 nitrogen and oxygen atoms in total. The van der Waals surface area contributed by atoms with Crippen molar-refractivity contribution < 1.29 is 9.59 Å². The van der Waals surface area contributed by atoms with E-state index in [0.29, 0.717) is 25.1 Å². The molecule has 4 rings (SSSR count). The summed E-state index contributed by atoms with van der Waals surface area (Å²) in [5, 5.41) is 0.922. The van der Waals surface area contributed by atoms with Gasteiger partial charge in [-0.15, -0.1) is 11.3 Å². The van der Waals surface area contributed by atoms with Gasteiger partial charge in [0.15, 0.2) is 0 Å². The summed E-state index contributed by atoms with van der Waals surface area (Å²) in [6.07, 6.45) is 1.55. The fourth-order valence-corrected chi connectivity index (χ4v) is 4.40. The monoisotopic (exact) mass is 379 g/mol. The zero-order chi connectivity index (χ0) is 18.8. The Hall–Kier alpha value is -2.73. The standard InChI is InChI=1S/C21H21N3O2S/c1-23(14-19-22-17-8-2-3-9-18(17)27-19)21(26)16-7-4-6-15(12-16)13-24-11-5-10-20(24)25/h2-4,6-9,12H,5,10-11,13-14H2,1H3. The third-order valence-corrected chi connectivity index (χ3v) is 5.80. The minimum Gasteiger partial charge on any atom is -0.338 e. The van der Waals surface area contributed by atoms with Crippen LogP contribution in [-0.4, -0.2) is 40.2 Å². The third-order valence-electron chi connectivity index (χ3n) is 4.78. The van der Waals surface area contributed by atoms with E-state index in [1.165, 1.54) is 0 Å².